The van der Waals surface area contributed by atoms with E-state index in [1.807, 2.05) is 0 Å². The van der Waals surface area contributed by atoms with E-state index < -0.39 is 35.3 Å². The third-order valence-corrected chi connectivity index (χ3v) is 4.63. The lowest BCUT2D eigenvalue weighted by Crippen LogP contribution is -2.28. The van der Waals surface area contributed by atoms with Gasteiger partial charge in [-0.25, -0.2) is 13.9 Å². The molecule has 0 unspecified atom stereocenters. The van der Waals surface area contributed by atoms with Crippen LogP contribution in [0.2, 0.25) is 0 Å². The second-order valence-corrected chi connectivity index (χ2v) is 7.09. The fourth-order valence-corrected chi connectivity index (χ4v) is 3.04. The summed E-state index contributed by atoms with van der Waals surface area (Å²) in [6, 6.07) is 12.6. The van der Waals surface area contributed by atoms with E-state index in [2.05, 4.69) is 26.3 Å². The van der Waals surface area contributed by atoms with Crippen LogP contribution in [0.5, 0.6) is 0 Å². The number of benzene rings is 2. The summed E-state index contributed by atoms with van der Waals surface area (Å²) in [7, 11) is 0. The minimum Gasteiger partial charge on any atom is -0.467 e. The Labute approximate surface area is 194 Å². The SMILES string of the molecule is O=C(NCc1ccco1)Nc1ccc(NC(=O)c2nnn(-c3ccc(F)cc3)c2C(F)(F)F)cc1. The molecule has 0 spiro atoms. The van der Waals surface area contributed by atoms with Crippen LogP contribution in [0.3, 0.4) is 0 Å². The van der Waals surface area contributed by atoms with Crippen LogP contribution < -0.4 is 16.0 Å². The molecular weight excluding hydrogens is 472 g/mol. The molecule has 13 heteroatoms. The maximum Gasteiger partial charge on any atom is 0.435 e. The molecule has 180 valence electrons. The quantitative estimate of drug-likeness (QED) is 0.344. The standard InChI is InChI=1S/C22H16F4N6O3/c23-13-3-9-16(10-4-13)32-19(22(24,25)26)18(30-31-32)20(33)28-14-5-7-15(8-6-14)29-21(34)27-12-17-2-1-11-35-17/h1-11H,12H2,(H,28,33)(H2,27,29,34). The Bertz CT molecular complexity index is 1320. The van der Waals surface area contributed by atoms with Crippen molar-refractivity contribution in [3.05, 3.63) is 89.9 Å². The summed E-state index contributed by atoms with van der Waals surface area (Å²) in [5.74, 6) is -1.23. The zero-order chi connectivity index (χ0) is 25.0. The normalized spacial score (nSPS) is 11.2. The molecule has 2 aromatic heterocycles. The number of rotatable bonds is 6. The molecule has 0 aliphatic carbocycles. The van der Waals surface area contributed by atoms with E-state index in [4.69, 9.17) is 4.42 Å². The second kappa shape index (κ2) is 9.67. The van der Waals surface area contributed by atoms with Crippen LogP contribution >= 0.6 is 0 Å². The Morgan fingerprint density at radius 3 is 2.20 bits per heavy atom. The van der Waals surface area contributed by atoms with E-state index in [1.54, 1.807) is 12.1 Å². The van der Waals surface area contributed by atoms with Crippen molar-refractivity contribution in [2.45, 2.75) is 12.7 Å². The molecule has 4 aromatic rings. The summed E-state index contributed by atoms with van der Waals surface area (Å²) in [6.45, 7) is 0.174. The highest BCUT2D eigenvalue weighted by molar-refractivity contribution is 6.04. The maximum absolute atomic E-state index is 13.7. The Balaban J connectivity index is 1.45. The summed E-state index contributed by atoms with van der Waals surface area (Å²) in [5, 5.41) is 14.3. The van der Waals surface area contributed by atoms with Crippen molar-refractivity contribution in [2.24, 2.45) is 0 Å². The molecule has 0 radical (unpaired) electrons. The molecular formula is C22H16F4N6O3. The van der Waals surface area contributed by atoms with Gasteiger partial charge in [0.25, 0.3) is 5.91 Å². The van der Waals surface area contributed by atoms with Crippen molar-refractivity contribution < 1.29 is 31.6 Å². The van der Waals surface area contributed by atoms with Gasteiger partial charge in [-0.05, 0) is 60.7 Å². The number of halogens is 4. The lowest BCUT2D eigenvalue weighted by molar-refractivity contribution is -0.143. The minimum atomic E-state index is -4.97. The molecule has 0 saturated carbocycles. The molecule has 2 heterocycles. The third kappa shape index (κ3) is 5.63. The first-order valence-corrected chi connectivity index (χ1v) is 9.98. The number of furan rings is 1. The van der Waals surface area contributed by atoms with Crippen LogP contribution in [0.15, 0.2) is 71.3 Å². The van der Waals surface area contributed by atoms with Gasteiger partial charge in [-0.2, -0.15) is 13.2 Å². The van der Waals surface area contributed by atoms with E-state index >= 15 is 0 Å². The van der Waals surface area contributed by atoms with Crippen LogP contribution in [-0.4, -0.2) is 26.9 Å². The highest BCUT2D eigenvalue weighted by Crippen LogP contribution is 2.33. The fraction of sp³-hybridized carbons (Fsp3) is 0.0909. The van der Waals surface area contributed by atoms with Crippen molar-refractivity contribution in [1.82, 2.24) is 20.3 Å². The Morgan fingerprint density at radius 1 is 0.943 bits per heavy atom. The summed E-state index contributed by atoms with van der Waals surface area (Å²) < 4.78 is 59.8. The van der Waals surface area contributed by atoms with Gasteiger partial charge in [-0.15, -0.1) is 5.10 Å². The third-order valence-electron chi connectivity index (χ3n) is 4.63. The van der Waals surface area contributed by atoms with Crippen LogP contribution in [0.4, 0.5) is 33.7 Å². The fourth-order valence-electron chi connectivity index (χ4n) is 3.04. The number of carbonyl (C=O) groups excluding carboxylic acids is 2. The van der Waals surface area contributed by atoms with E-state index in [-0.39, 0.29) is 17.9 Å². The highest BCUT2D eigenvalue weighted by Gasteiger charge is 2.42. The summed E-state index contributed by atoms with van der Waals surface area (Å²) in [6.07, 6.45) is -3.50. The lowest BCUT2D eigenvalue weighted by atomic mass is 10.2. The number of anilines is 2. The van der Waals surface area contributed by atoms with Crippen LogP contribution in [0.25, 0.3) is 5.69 Å². The molecule has 0 saturated heterocycles. The van der Waals surface area contributed by atoms with Gasteiger partial charge in [0.2, 0.25) is 0 Å². The van der Waals surface area contributed by atoms with Crippen molar-refractivity contribution in [3.8, 4) is 5.69 Å². The molecule has 4 rings (SSSR count). The zero-order valence-corrected chi connectivity index (χ0v) is 17.6. The van der Waals surface area contributed by atoms with Gasteiger partial charge in [0.15, 0.2) is 11.4 Å². The van der Waals surface area contributed by atoms with E-state index in [0.717, 1.165) is 24.3 Å². The molecule has 3 amide bonds. The average molecular weight is 488 g/mol. The lowest BCUT2D eigenvalue weighted by Gasteiger charge is -2.11. The van der Waals surface area contributed by atoms with Crippen LogP contribution in [0, 0.1) is 5.82 Å². The van der Waals surface area contributed by atoms with Gasteiger partial charge in [-0.3, -0.25) is 4.79 Å². The number of urea groups is 1. The van der Waals surface area contributed by atoms with Gasteiger partial charge in [0, 0.05) is 11.4 Å². The maximum atomic E-state index is 13.7. The first kappa shape index (κ1) is 23.5. The number of nitrogens with zero attached hydrogens (tertiary/aromatic N) is 3. The van der Waals surface area contributed by atoms with E-state index in [9.17, 15) is 27.2 Å². The van der Waals surface area contributed by atoms with Crippen LogP contribution in [-0.2, 0) is 12.7 Å². The highest BCUT2D eigenvalue weighted by atomic mass is 19.4. The first-order valence-electron chi connectivity index (χ1n) is 9.98. The molecule has 2 aromatic carbocycles. The van der Waals surface area contributed by atoms with Crippen molar-refractivity contribution in [2.75, 3.05) is 10.6 Å². The summed E-state index contributed by atoms with van der Waals surface area (Å²) in [4.78, 5) is 24.5. The summed E-state index contributed by atoms with van der Waals surface area (Å²) in [5.41, 5.74) is -1.96. The predicted molar refractivity (Wildman–Crippen MR) is 115 cm³/mol. The topological polar surface area (TPSA) is 114 Å². The van der Waals surface area contributed by atoms with Gasteiger partial charge >= 0.3 is 12.2 Å². The molecule has 0 bridgehead atoms. The van der Waals surface area contributed by atoms with Gasteiger partial charge in [0.1, 0.15) is 11.6 Å². The number of aromatic nitrogens is 3. The van der Waals surface area contributed by atoms with Crippen molar-refractivity contribution in [1.29, 1.82) is 0 Å². The number of hydrogen-bond acceptors (Lipinski definition) is 5. The molecule has 0 atom stereocenters. The van der Waals surface area contributed by atoms with Gasteiger partial charge in [-0.1, -0.05) is 5.21 Å². The molecule has 9 nitrogen and oxygen atoms in total. The number of hydrogen-bond donors (Lipinski definition) is 3. The molecule has 35 heavy (non-hydrogen) atoms. The van der Waals surface area contributed by atoms with Crippen molar-refractivity contribution >= 4 is 23.3 Å². The van der Waals surface area contributed by atoms with Gasteiger partial charge in [0.05, 0.1) is 18.5 Å². The molecule has 0 aliphatic heterocycles. The Hall–Kier alpha value is -4.68. The average Bonchev–Trinajstić information content (AvgIpc) is 3.50. The Kier molecular flexibility index (Phi) is 6.48. The van der Waals surface area contributed by atoms with E-state index in [0.29, 0.717) is 16.1 Å². The number of carbonyl (C=O) groups is 2. The predicted octanol–water partition coefficient (Wildman–Crippen LogP) is 4.59. The summed E-state index contributed by atoms with van der Waals surface area (Å²) >= 11 is 0. The zero-order valence-electron chi connectivity index (χ0n) is 17.6. The number of nitrogens with one attached hydrogen (secondary N) is 3. The smallest absolute Gasteiger partial charge is 0.435 e. The first-order chi connectivity index (χ1) is 16.7. The Morgan fingerprint density at radius 2 is 1.60 bits per heavy atom. The van der Waals surface area contributed by atoms with Crippen LogP contribution in [0.1, 0.15) is 21.9 Å². The number of alkyl halides is 3. The molecule has 0 aliphatic rings. The second-order valence-electron chi connectivity index (χ2n) is 7.09. The van der Waals surface area contributed by atoms with E-state index in [1.165, 1.54) is 30.5 Å². The number of amides is 3. The molecule has 3 N–H and O–H groups in total. The monoisotopic (exact) mass is 488 g/mol. The molecule has 0 fully saturated rings. The largest absolute Gasteiger partial charge is 0.467 e. The minimum absolute atomic E-state index is 0.119. The van der Waals surface area contributed by atoms with Crippen molar-refractivity contribution in [3.63, 3.8) is 0 Å². The van der Waals surface area contributed by atoms with Gasteiger partial charge < -0.3 is 20.4 Å².